The van der Waals surface area contributed by atoms with Crippen molar-refractivity contribution in [2.75, 3.05) is 19.6 Å². The van der Waals surface area contributed by atoms with Crippen LogP contribution in [0.25, 0.3) is 0 Å². The van der Waals surface area contributed by atoms with E-state index in [1.54, 1.807) is 17.1 Å². The average molecular weight is 268 g/mol. The highest BCUT2D eigenvalue weighted by Crippen LogP contribution is 2.09. The summed E-state index contributed by atoms with van der Waals surface area (Å²) in [6.07, 6.45) is 4.91. The van der Waals surface area contributed by atoms with E-state index in [1.807, 2.05) is 6.92 Å². The Hall–Kier alpha value is -1.78. The zero-order chi connectivity index (χ0) is 14.7. The molecule has 0 aliphatic rings. The Morgan fingerprint density at radius 2 is 1.84 bits per heavy atom. The fourth-order valence-corrected chi connectivity index (χ4v) is 1.60. The Bertz CT molecular complexity index is 306. The van der Waals surface area contributed by atoms with Crippen LogP contribution >= 0.6 is 0 Å². The molecule has 0 heterocycles. The van der Waals surface area contributed by atoms with E-state index in [9.17, 15) is 9.59 Å². The maximum atomic E-state index is 11.8. The van der Waals surface area contributed by atoms with Crippen LogP contribution in [0.15, 0.2) is 25.3 Å². The normalized spacial score (nSPS) is 11.4. The van der Waals surface area contributed by atoms with E-state index in [0.717, 1.165) is 6.42 Å². The van der Waals surface area contributed by atoms with Crippen LogP contribution in [0.3, 0.4) is 0 Å². The van der Waals surface area contributed by atoms with Crippen LogP contribution in [0.5, 0.6) is 0 Å². The molecule has 0 fully saturated rings. The van der Waals surface area contributed by atoms with Crippen LogP contribution < -0.4 is 5.32 Å². The molecule has 0 spiro atoms. The van der Waals surface area contributed by atoms with Crippen molar-refractivity contribution < 1.29 is 14.7 Å². The maximum absolute atomic E-state index is 11.8. The summed E-state index contributed by atoms with van der Waals surface area (Å²) in [5.41, 5.74) is 0. The van der Waals surface area contributed by atoms with E-state index in [0.29, 0.717) is 26.1 Å². The number of carbonyl (C=O) groups excluding carboxylic acids is 1. The minimum absolute atomic E-state index is 0.148. The number of hydrogen-bond donors (Lipinski definition) is 2. The molecule has 108 valence electrons. The predicted octanol–water partition coefficient (Wildman–Crippen LogP) is 2.26. The molecule has 0 aromatic carbocycles. The Morgan fingerprint density at radius 1 is 1.26 bits per heavy atom. The van der Waals surface area contributed by atoms with Gasteiger partial charge in [0.15, 0.2) is 0 Å². The Balaban J connectivity index is 3.90. The molecule has 0 aromatic heterocycles. The molecule has 2 N–H and O–H groups in total. The third kappa shape index (κ3) is 8.88. The molecule has 0 rings (SSSR count). The molecule has 1 atom stereocenters. The summed E-state index contributed by atoms with van der Waals surface area (Å²) in [6.45, 7) is 10.7. The Kier molecular flexibility index (Phi) is 9.22. The largest absolute Gasteiger partial charge is 0.481 e. The van der Waals surface area contributed by atoms with E-state index in [1.165, 1.54) is 0 Å². The first-order valence-electron chi connectivity index (χ1n) is 6.47. The molecule has 1 unspecified atom stereocenters. The second-order valence-electron chi connectivity index (χ2n) is 4.54. The summed E-state index contributed by atoms with van der Waals surface area (Å²) in [5, 5.41) is 11.4. The number of nitrogens with zero attached hydrogens (tertiary/aromatic N) is 1. The number of carboxylic acid groups (broad SMARTS) is 1. The standard InChI is InChI=1S/C14H24N2O3/c1-4-10-16(11-5-2)14(19)15-9-8-12(3)6-7-13(17)18/h4-5,12H,1-2,6-11H2,3H3,(H,15,19)(H,17,18). The van der Waals surface area contributed by atoms with Gasteiger partial charge in [0, 0.05) is 26.1 Å². The molecular weight excluding hydrogens is 244 g/mol. The van der Waals surface area contributed by atoms with Gasteiger partial charge < -0.3 is 15.3 Å². The van der Waals surface area contributed by atoms with Crippen LogP contribution in [0, 0.1) is 5.92 Å². The molecule has 0 aliphatic carbocycles. The molecule has 0 saturated heterocycles. The summed E-state index contributed by atoms with van der Waals surface area (Å²) >= 11 is 0. The van der Waals surface area contributed by atoms with Gasteiger partial charge in [0.2, 0.25) is 0 Å². The highest BCUT2D eigenvalue weighted by molar-refractivity contribution is 5.74. The number of urea groups is 1. The van der Waals surface area contributed by atoms with Gasteiger partial charge in [0.1, 0.15) is 0 Å². The lowest BCUT2D eigenvalue weighted by atomic mass is 10.0. The first kappa shape index (κ1) is 17.2. The summed E-state index contributed by atoms with van der Waals surface area (Å²) < 4.78 is 0. The number of hydrogen-bond acceptors (Lipinski definition) is 2. The molecule has 5 heteroatoms. The number of rotatable bonds is 10. The van der Waals surface area contributed by atoms with E-state index in [2.05, 4.69) is 18.5 Å². The molecule has 0 radical (unpaired) electrons. The van der Waals surface area contributed by atoms with Gasteiger partial charge in [0.25, 0.3) is 0 Å². The Morgan fingerprint density at radius 3 is 2.32 bits per heavy atom. The highest BCUT2D eigenvalue weighted by Gasteiger charge is 2.10. The lowest BCUT2D eigenvalue weighted by Gasteiger charge is -2.20. The van der Waals surface area contributed by atoms with Gasteiger partial charge in [-0.25, -0.2) is 4.79 Å². The van der Waals surface area contributed by atoms with Crippen molar-refractivity contribution >= 4 is 12.0 Å². The minimum Gasteiger partial charge on any atom is -0.481 e. The monoisotopic (exact) mass is 268 g/mol. The second-order valence-corrected chi connectivity index (χ2v) is 4.54. The maximum Gasteiger partial charge on any atom is 0.317 e. The fraction of sp³-hybridized carbons (Fsp3) is 0.571. The van der Waals surface area contributed by atoms with Gasteiger partial charge in [-0.3, -0.25) is 4.79 Å². The third-order valence-electron chi connectivity index (χ3n) is 2.75. The zero-order valence-corrected chi connectivity index (χ0v) is 11.6. The van der Waals surface area contributed by atoms with Crippen molar-refractivity contribution in [3.63, 3.8) is 0 Å². The zero-order valence-electron chi connectivity index (χ0n) is 11.6. The number of amides is 2. The van der Waals surface area contributed by atoms with Crippen molar-refractivity contribution in [3.8, 4) is 0 Å². The van der Waals surface area contributed by atoms with Crippen LogP contribution in [0.1, 0.15) is 26.2 Å². The molecule has 2 amide bonds. The molecule has 0 aliphatic heterocycles. The molecular formula is C14H24N2O3. The quantitative estimate of drug-likeness (QED) is 0.597. The topological polar surface area (TPSA) is 69.6 Å². The Labute approximate surface area is 115 Å². The van der Waals surface area contributed by atoms with Crippen LogP contribution in [-0.4, -0.2) is 41.6 Å². The highest BCUT2D eigenvalue weighted by atomic mass is 16.4. The fourth-order valence-electron chi connectivity index (χ4n) is 1.60. The first-order chi connectivity index (χ1) is 9.01. The van der Waals surface area contributed by atoms with Gasteiger partial charge in [-0.15, -0.1) is 13.2 Å². The van der Waals surface area contributed by atoms with Gasteiger partial charge in [-0.2, -0.15) is 0 Å². The molecule has 5 nitrogen and oxygen atoms in total. The molecule has 0 aromatic rings. The third-order valence-corrected chi connectivity index (χ3v) is 2.75. The van der Waals surface area contributed by atoms with Crippen molar-refractivity contribution in [1.29, 1.82) is 0 Å². The van der Waals surface area contributed by atoms with Gasteiger partial charge in [0.05, 0.1) is 0 Å². The molecule has 0 bridgehead atoms. The van der Waals surface area contributed by atoms with E-state index in [-0.39, 0.29) is 18.4 Å². The summed E-state index contributed by atoms with van der Waals surface area (Å²) in [6, 6.07) is -0.148. The molecule has 19 heavy (non-hydrogen) atoms. The van der Waals surface area contributed by atoms with Gasteiger partial charge in [-0.1, -0.05) is 19.1 Å². The SMILES string of the molecule is C=CCN(CC=C)C(=O)NCCC(C)CCC(=O)O. The van der Waals surface area contributed by atoms with Gasteiger partial charge >= 0.3 is 12.0 Å². The van der Waals surface area contributed by atoms with Crippen molar-refractivity contribution in [3.05, 3.63) is 25.3 Å². The average Bonchev–Trinajstić information content (AvgIpc) is 2.36. The second kappa shape index (κ2) is 10.2. The van der Waals surface area contributed by atoms with Crippen molar-refractivity contribution in [2.45, 2.75) is 26.2 Å². The summed E-state index contributed by atoms with van der Waals surface area (Å²) in [7, 11) is 0. The lowest BCUT2D eigenvalue weighted by molar-refractivity contribution is -0.137. The van der Waals surface area contributed by atoms with Crippen molar-refractivity contribution in [2.24, 2.45) is 5.92 Å². The van der Waals surface area contributed by atoms with Crippen LogP contribution in [-0.2, 0) is 4.79 Å². The minimum atomic E-state index is -0.779. The van der Waals surface area contributed by atoms with E-state index >= 15 is 0 Å². The molecule has 0 saturated carbocycles. The number of nitrogens with one attached hydrogen (secondary N) is 1. The predicted molar refractivity (Wildman–Crippen MR) is 76.0 cm³/mol. The van der Waals surface area contributed by atoms with Crippen LogP contribution in [0.4, 0.5) is 4.79 Å². The van der Waals surface area contributed by atoms with Gasteiger partial charge in [-0.05, 0) is 18.8 Å². The summed E-state index contributed by atoms with van der Waals surface area (Å²) in [4.78, 5) is 23.8. The lowest BCUT2D eigenvalue weighted by Crippen LogP contribution is -2.40. The first-order valence-corrected chi connectivity index (χ1v) is 6.47. The summed E-state index contributed by atoms with van der Waals surface area (Å²) in [5.74, 6) is -0.498. The smallest absolute Gasteiger partial charge is 0.317 e. The number of carboxylic acids is 1. The number of carbonyl (C=O) groups is 2. The van der Waals surface area contributed by atoms with E-state index < -0.39 is 5.97 Å². The van der Waals surface area contributed by atoms with Crippen LogP contribution in [0.2, 0.25) is 0 Å². The van der Waals surface area contributed by atoms with Crippen molar-refractivity contribution in [1.82, 2.24) is 10.2 Å². The van der Waals surface area contributed by atoms with E-state index in [4.69, 9.17) is 5.11 Å². The number of aliphatic carboxylic acids is 1.